The average molecular weight is 401 g/mol. The van der Waals surface area contributed by atoms with E-state index in [9.17, 15) is 9.18 Å². The van der Waals surface area contributed by atoms with Crippen LogP contribution in [0.1, 0.15) is 51.7 Å². The van der Waals surface area contributed by atoms with Crippen LogP contribution in [0.2, 0.25) is 5.02 Å². The summed E-state index contributed by atoms with van der Waals surface area (Å²) in [6, 6.07) is 10.4. The van der Waals surface area contributed by atoms with Gasteiger partial charge >= 0.3 is 0 Å². The third-order valence-electron chi connectivity index (χ3n) is 5.57. The van der Waals surface area contributed by atoms with Crippen LogP contribution in [0, 0.1) is 5.82 Å². The summed E-state index contributed by atoms with van der Waals surface area (Å²) in [5.41, 5.74) is 2.23. The Morgan fingerprint density at radius 2 is 1.79 bits per heavy atom. The van der Waals surface area contributed by atoms with E-state index in [4.69, 9.17) is 16.3 Å². The lowest BCUT2D eigenvalue weighted by atomic mass is 9.71. The zero-order chi connectivity index (χ0) is 20.9. The lowest BCUT2D eigenvalue weighted by Gasteiger charge is -2.46. The van der Waals surface area contributed by atoms with E-state index in [1.165, 1.54) is 6.07 Å². The molecule has 2 aromatic rings. The summed E-state index contributed by atoms with van der Waals surface area (Å²) in [5.74, 6) is -0.912. The fourth-order valence-electron chi connectivity index (χ4n) is 4.01. The fourth-order valence-corrected chi connectivity index (χ4v) is 4.17. The summed E-state index contributed by atoms with van der Waals surface area (Å²) in [6.45, 7) is 13.7. The smallest absolute Gasteiger partial charge is 0.175 e. The Kier molecular flexibility index (Phi) is 5.28. The maximum atomic E-state index is 14.5. The summed E-state index contributed by atoms with van der Waals surface area (Å²) >= 11 is 5.90. The number of hydrogen-bond donors (Lipinski definition) is 0. The van der Waals surface area contributed by atoms with Crippen LogP contribution in [0.25, 0.3) is 11.1 Å². The van der Waals surface area contributed by atoms with E-state index in [1.807, 2.05) is 39.0 Å². The van der Waals surface area contributed by atoms with Crippen LogP contribution in [0.4, 0.5) is 4.39 Å². The van der Waals surface area contributed by atoms with Crippen LogP contribution >= 0.6 is 11.6 Å². The molecule has 1 fully saturated rings. The van der Waals surface area contributed by atoms with Crippen molar-refractivity contribution in [2.75, 3.05) is 0 Å². The van der Waals surface area contributed by atoms with Gasteiger partial charge in [0.15, 0.2) is 5.78 Å². The van der Waals surface area contributed by atoms with Crippen LogP contribution in [-0.4, -0.2) is 17.0 Å². The molecule has 1 aliphatic rings. The highest BCUT2D eigenvalue weighted by atomic mass is 35.5. The number of hydrogen-bond acceptors (Lipinski definition) is 2. The Morgan fingerprint density at radius 3 is 2.39 bits per heavy atom. The molecule has 0 bridgehead atoms. The van der Waals surface area contributed by atoms with Crippen molar-refractivity contribution in [3.05, 3.63) is 70.5 Å². The van der Waals surface area contributed by atoms with Gasteiger partial charge in [-0.25, -0.2) is 4.39 Å². The van der Waals surface area contributed by atoms with Crippen molar-refractivity contribution in [1.82, 2.24) is 0 Å². The molecule has 0 saturated carbocycles. The highest BCUT2D eigenvalue weighted by Crippen LogP contribution is 2.46. The summed E-state index contributed by atoms with van der Waals surface area (Å²) in [7, 11) is 0. The molecule has 0 radical (unpaired) electrons. The molecule has 0 aliphatic carbocycles. The number of ether oxygens (including phenoxy) is 1. The van der Waals surface area contributed by atoms with E-state index in [1.54, 1.807) is 26.0 Å². The van der Waals surface area contributed by atoms with Gasteiger partial charge in [0.1, 0.15) is 11.4 Å². The number of rotatable bonds is 3. The minimum Gasteiger partial charge on any atom is -0.358 e. The van der Waals surface area contributed by atoms with Crippen LogP contribution in [0.5, 0.6) is 0 Å². The second-order valence-corrected chi connectivity index (χ2v) is 8.77. The second kappa shape index (κ2) is 7.13. The van der Waals surface area contributed by atoms with Gasteiger partial charge in [0, 0.05) is 10.6 Å². The average Bonchev–Trinajstić information content (AvgIpc) is 2.60. The molecular weight excluding hydrogens is 375 g/mol. The second-order valence-electron chi connectivity index (χ2n) is 8.34. The zero-order valence-corrected chi connectivity index (χ0v) is 17.8. The van der Waals surface area contributed by atoms with Crippen molar-refractivity contribution < 1.29 is 13.9 Å². The highest BCUT2D eigenvalue weighted by molar-refractivity contribution is 6.30. The quantitative estimate of drug-likeness (QED) is 0.549. The van der Waals surface area contributed by atoms with Gasteiger partial charge < -0.3 is 4.74 Å². The molecule has 4 heteroatoms. The van der Waals surface area contributed by atoms with Gasteiger partial charge in [-0.05, 0) is 80.6 Å². The maximum Gasteiger partial charge on any atom is 0.175 e. The molecule has 1 unspecified atom stereocenters. The first-order valence-corrected chi connectivity index (χ1v) is 9.87. The van der Waals surface area contributed by atoms with Gasteiger partial charge in [0.2, 0.25) is 0 Å². The number of Topliss-reactive ketones (excluding diaryl/α,β-unsaturated/α-hetero) is 1. The standard InChI is InChI=1S/C24H26ClFO2/c1-7-15-8-9-16(18-11-10-17(25)13-20(18)26)12-19(15)21-14(2)23(3,4)28-24(5,6)22(21)27/h8-13,21H,2,7H2,1,3-6H3. The third kappa shape index (κ3) is 3.54. The van der Waals surface area contributed by atoms with E-state index < -0.39 is 17.1 Å². The highest BCUT2D eigenvalue weighted by Gasteiger charge is 2.49. The molecule has 1 heterocycles. The van der Waals surface area contributed by atoms with Crippen molar-refractivity contribution >= 4 is 17.4 Å². The monoisotopic (exact) mass is 400 g/mol. The summed E-state index contributed by atoms with van der Waals surface area (Å²) in [6.07, 6.45) is 0.761. The Labute approximate surface area is 171 Å². The van der Waals surface area contributed by atoms with Gasteiger partial charge in [-0.3, -0.25) is 4.79 Å². The van der Waals surface area contributed by atoms with Gasteiger partial charge in [-0.2, -0.15) is 0 Å². The van der Waals surface area contributed by atoms with Crippen LogP contribution < -0.4 is 0 Å². The lowest BCUT2D eigenvalue weighted by Crippen LogP contribution is -2.53. The molecule has 0 amide bonds. The first-order valence-electron chi connectivity index (χ1n) is 9.50. The molecule has 0 spiro atoms. The Morgan fingerprint density at radius 1 is 1.11 bits per heavy atom. The van der Waals surface area contributed by atoms with E-state index in [-0.39, 0.29) is 11.6 Å². The Bertz CT molecular complexity index is 933. The molecular formula is C24H26ClFO2. The Hall–Kier alpha value is -1.97. The van der Waals surface area contributed by atoms with Gasteiger partial charge in [0.25, 0.3) is 0 Å². The van der Waals surface area contributed by atoms with E-state index >= 15 is 0 Å². The zero-order valence-electron chi connectivity index (χ0n) is 17.0. The lowest BCUT2D eigenvalue weighted by molar-refractivity contribution is -0.165. The molecule has 1 atom stereocenters. The maximum absolute atomic E-state index is 14.5. The molecule has 28 heavy (non-hydrogen) atoms. The molecule has 0 N–H and O–H groups in total. The van der Waals surface area contributed by atoms with Crippen molar-refractivity contribution in [3.8, 4) is 11.1 Å². The van der Waals surface area contributed by atoms with Crippen LogP contribution in [0.15, 0.2) is 48.6 Å². The minimum absolute atomic E-state index is 0.0275. The number of halogens is 2. The number of carbonyl (C=O) groups excluding carboxylic acids is 1. The number of ketones is 1. The SMILES string of the molecule is C=C1C(c2cc(-c3ccc(Cl)cc3F)ccc2CC)C(=O)C(C)(C)OC1(C)C. The molecule has 3 rings (SSSR count). The van der Waals surface area contributed by atoms with Gasteiger partial charge in [-0.1, -0.05) is 37.2 Å². The molecule has 2 aromatic carbocycles. The number of benzene rings is 2. The molecule has 0 aromatic heterocycles. The summed E-state index contributed by atoms with van der Waals surface area (Å²) in [4.78, 5) is 13.3. The predicted molar refractivity (Wildman–Crippen MR) is 112 cm³/mol. The number of aryl methyl sites for hydroxylation is 1. The Balaban J connectivity index is 2.19. The molecule has 1 saturated heterocycles. The number of carbonyl (C=O) groups is 1. The largest absolute Gasteiger partial charge is 0.358 e. The first kappa shape index (κ1) is 20.8. The van der Waals surface area contributed by atoms with Crippen molar-refractivity contribution in [2.45, 2.75) is 58.2 Å². The van der Waals surface area contributed by atoms with Crippen LogP contribution in [-0.2, 0) is 16.0 Å². The molecule has 148 valence electrons. The normalized spacial score (nSPS) is 21.0. The van der Waals surface area contributed by atoms with E-state index in [2.05, 4.69) is 6.58 Å². The first-order chi connectivity index (χ1) is 13.0. The van der Waals surface area contributed by atoms with Crippen molar-refractivity contribution in [2.24, 2.45) is 0 Å². The molecule has 2 nitrogen and oxygen atoms in total. The van der Waals surface area contributed by atoms with Crippen molar-refractivity contribution in [1.29, 1.82) is 0 Å². The third-order valence-corrected chi connectivity index (χ3v) is 5.80. The van der Waals surface area contributed by atoms with Gasteiger partial charge in [0.05, 0.1) is 11.5 Å². The van der Waals surface area contributed by atoms with Crippen LogP contribution in [0.3, 0.4) is 0 Å². The minimum atomic E-state index is -0.929. The fraction of sp³-hybridized carbons (Fsp3) is 0.375. The predicted octanol–water partition coefficient (Wildman–Crippen LogP) is 6.50. The van der Waals surface area contributed by atoms with E-state index in [0.29, 0.717) is 16.1 Å². The van der Waals surface area contributed by atoms with Crippen molar-refractivity contribution in [3.63, 3.8) is 0 Å². The summed E-state index contributed by atoms with van der Waals surface area (Å²) in [5, 5.41) is 0.350. The topological polar surface area (TPSA) is 26.3 Å². The summed E-state index contributed by atoms with van der Waals surface area (Å²) < 4.78 is 20.5. The van der Waals surface area contributed by atoms with Gasteiger partial charge in [-0.15, -0.1) is 0 Å². The molecule has 1 aliphatic heterocycles. The van der Waals surface area contributed by atoms with E-state index in [0.717, 1.165) is 23.1 Å².